The first-order valence-corrected chi connectivity index (χ1v) is 15.7. The third-order valence-corrected chi connectivity index (χ3v) is 9.17. The van der Waals surface area contributed by atoms with E-state index >= 15 is 0 Å². The van der Waals surface area contributed by atoms with Crippen LogP contribution in [0.4, 0.5) is 0 Å². The van der Waals surface area contributed by atoms with Crippen LogP contribution in [0.3, 0.4) is 0 Å². The fraction of sp³-hybridized carbons (Fsp3) is 0. The van der Waals surface area contributed by atoms with Crippen molar-refractivity contribution in [3.63, 3.8) is 0 Å². The molecule has 2 heterocycles. The standard InChI is InChI=1S/C44H24N2O2/c45-25-29-8-1-2-10-34(29)44-30(26-46)9-7-13-35(44)33-21-31(27-16-18-42-38(23-27)36-11-3-5-14-40(36)47-42)20-32(22-33)28-17-19-43-39(24-28)37-12-4-6-15-41(37)48-43/h1-24H. The molecule has 9 rings (SSSR count). The number of para-hydroxylation sites is 2. The van der Waals surface area contributed by atoms with E-state index in [0.29, 0.717) is 11.1 Å². The van der Waals surface area contributed by atoms with Crippen LogP contribution in [0, 0.1) is 22.7 Å². The fourth-order valence-electron chi connectivity index (χ4n) is 6.90. The molecule has 9 aromatic rings. The zero-order valence-electron chi connectivity index (χ0n) is 25.6. The Kier molecular flexibility index (Phi) is 6.22. The summed E-state index contributed by atoms with van der Waals surface area (Å²) in [7, 11) is 0. The number of nitrogens with zero attached hydrogens (tertiary/aromatic N) is 2. The van der Waals surface area contributed by atoms with Gasteiger partial charge in [-0.1, -0.05) is 78.9 Å². The smallest absolute Gasteiger partial charge is 0.135 e. The van der Waals surface area contributed by atoms with E-state index in [0.717, 1.165) is 88.4 Å². The molecule has 0 aliphatic heterocycles. The Morgan fingerprint density at radius 2 is 0.833 bits per heavy atom. The van der Waals surface area contributed by atoms with Crippen LogP contribution >= 0.6 is 0 Å². The van der Waals surface area contributed by atoms with Gasteiger partial charge in [-0.05, 0) is 100 Å². The van der Waals surface area contributed by atoms with Crippen LogP contribution in [0.15, 0.2) is 154 Å². The molecule has 7 aromatic carbocycles. The minimum absolute atomic E-state index is 0.514. The van der Waals surface area contributed by atoms with Crippen molar-refractivity contribution >= 4 is 43.9 Å². The Balaban J connectivity index is 1.32. The summed E-state index contributed by atoms with van der Waals surface area (Å²) in [6, 6.07) is 53.3. The average molecular weight is 613 g/mol. The van der Waals surface area contributed by atoms with E-state index in [-0.39, 0.29) is 0 Å². The first kappa shape index (κ1) is 27.4. The van der Waals surface area contributed by atoms with E-state index in [4.69, 9.17) is 8.83 Å². The lowest BCUT2D eigenvalue weighted by Gasteiger charge is -2.16. The van der Waals surface area contributed by atoms with E-state index in [2.05, 4.69) is 66.7 Å². The molecule has 0 unspecified atom stereocenters. The molecule has 4 nitrogen and oxygen atoms in total. The normalized spacial score (nSPS) is 11.3. The summed E-state index contributed by atoms with van der Waals surface area (Å²) in [5.74, 6) is 0. The Labute approximate surface area is 275 Å². The molecular weight excluding hydrogens is 588 g/mol. The van der Waals surface area contributed by atoms with Crippen molar-refractivity contribution in [1.82, 2.24) is 0 Å². The predicted molar refractivity (Wildman–Crippen MR) is 192 cm³/mol. The Hall–Kier alpha value is -6.88. The third kappa shape index (κ3) is 4.36. The Bertz CT molecular complexity index is 2690. The number of furan rings is 2. The van der Waals surface area contributed by atoms with Gasteiger partial charge in [0.15, 0.2) is 0 Å². The van der Waals surface area contributed by atoms with Gasteiger partial charge in [-0.3, -0.25) is 0 Å². The van der Waals surface area contributed by atoms with Gasteiger partial charge in [0, 0.05) is 32.7 Å². The Morgan fingerprint density at radius 1 is 0.354 bits per heavy atom. The van der Waals surface area contributed by atoms with Crippen molar-refractivity contribution in [3.8, 4) is 56.6 Å². The molecule has 48 heavy (non-hydrogen) atoms. The second-order valence-corrected chi connectivity index (χ2v) is 11.9. The van der Waals surface area contributed by atoms with Crippen LogP contribution in [0.25, 0.3) is 88.4 Å². The van der Waals surface area contributed by atoms with Crippen molar-refractivity contribution in [2.75, 3.05) is 0 Å². The van der Waals surface area contributed by atoms with E-state index in [1.807, 2.05) is 84.9 Å². The molecular formula is C44H24N2O2. The first-order chi connectivity index (χ1) is 23.7. The molecule has 0 saturated heterocycles. The highest BCUT2D eigenvalue weighted by molar-refractivity contribution is 6.08. The summed E-state index contributed by atoms with van der Waals surface area (Å²) in [6.45, 7) is 0. The zero-order chi connectivity index (χ0) is 32.2. The van der Waals surface area contributed by atoms with Crippen molar-refractivity contribution < 1.29 is 8.83 Å². The van der Waals surface area contributed by atoms with Gasteiger partial charge in [-0.15, -0.1) is 0 Å². The number of hydrogen-bond acceptors (Lipinski definition) is 4. The van der Waals surface area contributed by atoms with Crippen LogP contribution in [0.5, 0.6) is 0 Å². The van der Waals surface area contributed by atoms with Crippen LogP contribution in [0.1, 0.15) is 11.1 Å². The van der Waals surface area contributed by atoms with Gasteiger partial charge in [-0.2, -0.15) is 10.5 Å². The molecule has 0 N–H and O–H groups in total. The van der Waals surface area contributed by atoms with Gasteiger partial charge in [-0.25, -0.2) is 0 Å². The number of benzene rings is 7. The summed E-state index contributed by atoms with van der Waals surface area (Å²) in [5.41, 5.74) is 11.9. The molecule has 4 heteroatoms. The van der Waals surface area contributed by atoms with Gasteiger partial charge in [0.05, 0.1) is 23.3 Å². The maximum atomic E-state index is 10.3. The lowest BCUT2D eigenvalue weighted by molar-refractivity contribution is 0.668. The van der Waals surface area contributed by atoms with Crippen LogP contribution < -0.4 is 0 Å². The molecule has 0 aliphatic rings. The molecule has 0 spiro atoms. The van der Waals surface area contributed by atoms with Crippen LogP contribution in [-0.2, 0) is 0 Å². The molecule has 222 valence electrons. The van der Waals surface area contributed by atoms with Gasteiger partial charge in [0.25, 0.3) is 0 Å². The molecule has 2 aromatic heterocycles. The van der Waals surface area contributed by atoms with Gasteiger partial charge < -0.3 is 8.83 Å². The minimum Gasteiger partial charge on any atom is -0.456 e. The quantitative estimate of drug-likeness (QED) is 0.198. The highest BCUT2D eigenvalue weighted by atomic mass is 16.3. The lowest BCUT2D eigenvalue weighted by atomic mass is 9.86. The van der Waals surface area contributed by atoms with E-state index in [1.165, 1.54) is 0 Å². The molecule has 0 amide bonds. The summed E-state index contributed by atoms with van der Waals surface area (Å²) in [6.07, 6.45) is 0. The number of nitriles is 2. The van der Waals surface area contributed by atoms with Crippen molar-refractivity contribution in [1.29, 1.82) is 10.5 Å². The third-order valence-electron chi connectivity index (χ3n) is 9.17. The minimum atomic E-state index is 0.514. The van der Waals surface area contributed by atoms with E-state index in [9.17, 15) is 10.5 Å². The average Bonchev–Trinajstić information content (AvgIpc) is 3.72. The number of fused-ring (bicyclic) bond motifs is 6. The highest BCUT2D eigenvalue weighted by Crippen LogP contribution is 2.42. The molecule has 0 fully saturated rings. The van der Waals surface area contributed by atoms with Crippen molar-refractivity contribution in [2.24, 2.45) is 0 Å². The number of hydrogen-bond donors (Lipinski definition) is 0. The maximum Gasteiger partial charge on any atom is 0.135 e. The summed E-state index contributed by atoms with van der Waals surface area (Å²) < 4.78 is 12.3. The summed E-state index contributed by atoms with van der Waals surface area (Å²) in [4.78, 5) is 0. The highest BCUT2D eigenvalue weighted by Gasteiger charge is 2.18. The van der Waals surface area contributed by atoms with Crippen molar-refractivity contribution in [2.45, 2.75) is 0 Å². The molecule has 0 aliphatic carbocycles. The van der Waals surface area contributed by atoms with E-state index in [1.54, 1.807) is 6.07 Å². The largest absolute Gasteiger partial charge is 0.456 e. The topological polar surface area (TPSA) is 73.9 Å². The Morgan fingerprint density at radius 3 is 1.44 bits per heavy atom. The monoisotopic (exact) mass is 612 g/mol. The van der Waals surface area contributed by atoms with Crippen LogP contribution in [0.2, 0.25) is 0 Å². The molecule has 0 saturated carbocycles. The molecule has 0 radical (unpaired) electrons. The molecule has 0 atom stereocenters. The predicted octanol–water partition coefficient (Wildman–Crippen LogP) is 11.9. The summed E-state index contributed by atoms with van der Waals surface area (Å²) in [5, 5.41) is 24.5. The zero-order valence-corrected chi connectivity index (χ0v) is 25.6. The number of rotatable bonds is 4. The SMILES string of the molecule is N#Cc1ccccc1-c1c(C#N)cccc1-c1cc(-c2ccc3oc4ccccc4c3c2)cc(-c2ccc3oc4ccccc4c3c2)c1. The van der Waals surface area contributed by atoms with E-state index < -0.39 is 0 Å². The lowest BCUT2D eigenvalue weighted by Crippen LogP contribution is -1.94. The maximum absolute atomic E-state index is 10.3. The molecule has 0 bridgehead atoms. The fourth-order valence-corrected chi connectivity index (χ4v) is 6.90. The van der Waals surface area contributed by atoms with Gasteiger partial charge >= 0.3 is 0 Å². The van der Waals surface area contributed by atoms with Gasteiger partial charge in [0.2, 0.25) is 0 Å². The van der Waals surface area contributed by atoms with Gasteiger partial charge in [0.1, 0.15) is 22.3 Å². The second-order valence-electron chi connectivity index (χ2n) is 11.9. The van der Waals surface area contributed by atoms with Crippen LogP contribution in [-0.4, -0.2) is 0 Å². The first-order valence-electron chi connectivity index (χ1n) is 15.7. The second kappa shape index (κ2) is 10.9. The summed E-state index contributed by atoms with van der Waals surface area (Å²) >= 11 is 0. The van der Waals surface area contributed by atoms with Crippen molar-refractivity contribution in [3.05, 3.63) is 157 Å².